The van der Waals surface area contributed by atoms with Gasteiger partial charge in [-0.05, 0) is 18.2 Å². The number of phenolic OH excluding ortho intramolecular Hbond substituents is 1. The molecule has 0 aliphatic rings. The molecule has 2 aromatic carbocycles. The average molecular weight is 290 g/mol. The molecule has 0 atom stereocenters. The van der Waals surface area contributed by atoms with Gasteiger partial charge in [0, 0.05) is 0 Å². The number of phenols is 1. The summed E-state index contributed by atoms with van der Waals surface area (Å²) in [6, 6.07) is 8.62. The molecule has 3 N–H and O–H groups in total. The molecule has 0 spiro atoms. The molecule has 0 heterocycles. The Bertz CT molecular complexity index is 664. The Kier molecular flexibility index (Phi) is 5.13. The number of benzene rings is 2. The first kappa shape index (κ1) is 15.8. The molecule has 21 heavy (non-hydrogen) atoms. The predicted molar refractivity (Wildman–Crippen MR) is 67.4 cm³/mol. The first-order valence-electron chi connectivity index (χ1n) is 5.55. The standard InChI is InChI=1S/C7H6O4.C7H6O3/c8-4-1-2-6(9)5(3-4)7(10)11;8-6-4-2-1-3-5(6)7(9)10/h1-3,8-9H,(H,10,11);1-4,8H,(H,9,10)/p-2. The van der Waals surface area contributed by atoms with Crippen LogP contribution < -0.4 is 10.2 Å². The van der Waals surface area contributed by atoms with Gasteiger partial charge in [-0.25, -0.2) is 9.59 Å². The van der Waals surface area contributed by atoms with Crippen molar-refractivity contribution >= 4 is 11.9 Å². The van der Waals surface area contributed by atoms with Crippen LogP contribution in [-0.4, -0.2) is 27.3 Å². The van der Waals surface area contributed by atoms with Gasteiger partial charge in [0.2, 0.25) is 0 Å². The zero-order chi connectivity index (χ0) is 16.0. The molecule has 2 aromatic rings. The van der Waals surface area contributed by atoms with E-state index in [-0.39, 0.29) is 11.3 Å². The Labute approximate surface area is 119 Å². The van der Waals surface area contributed by atoms with Crippen molar-refractivity contribution in [3.63, 3.8) is 0 Å². The van der Waals surface area contributed by atoms with E-state index >= 15 is 0 Å². The van der Waals surface area contributed by atoms with Crippen molar-refractivity contribution in [2.45, 2.75) is 0 Å². The van der Waals surface area contributed by atoms with Crippen molar-refractivity contribution in [1.29, 1.82) is 0 Å². The number of hydrogen-bond acceptors (Lipinski definition) is 5. The van der Waals surface area contributed by atoms with E-state index in [9.17, 15) is 19.8 Å². The fraction of sp³-hybridized carbons (Fsp3) is 0. The quantitative estimate of drug-likeness (QED) is 0.736. The Hall–Kier alpha value is -3.22. The molecule has 0 amide bonds. The van der Waals surface area contributed by atoms with Crippen LogP contribution in [0.25, 0.3) is 0 Å². The van der Waals surface area contributed by atoms with Crippen molar-refractivity contribution in [3.05, 3.63) is 53.6 Å². The molecule has 0 radical (unpaired) electrons. The summed E-state index contributed by atoms with van der Waals surface area (Å²) in [6.07, 6.45) is 0. The van der Waals surface area contributed by atoms with E-state index < -0.39 is 29.0 Å². The highest BCUT2D eigenvalue weighted by Gasteiger charge is 2.03. The molecular formula is C14H10O7-2. The molecule has 0 saturated carbocycles. The lowest BCUT2D eigenvalue weighted by Crippen LogP contribution is -2.02. The lowest BCUT2D eigenvalue weighted by molar-refractivity contribution is -0.269. The van der Waals surface area contributed by atoms with Gasteiger partial charge in [-0.3, -0.25) is 0 Å². The van der Waals surface area contributed by atoms with E-state index in [1.165, 1.54) is 24.3 Å². The molecule has 0 aliphatic carbocycles. The van der Waals surface area contributed by atoms with Gasteiger partial charge >= 0.3 is 11.9 Å². The van der Waals surface area contributed by atoms with E-state index in [4.69, 9.17) is 15.3 Å². The van der Waals surface area contributed by atoms with Gasteiger partial charge in [0.15, 0.2) is 0 Å². The van der Waals surface area contributed by atoms with Crippen LogP contribution in [0.5, 0.6) is 17.2 Å². The van der Waals surface area contributed by atoms with Crippen LogP contribution in [0.2, 0.25) is 0 Å². The number of carbonyl (C=O) groups is 2. The minimum Gasteiger partial charge on any atom is -0.872 e. The summed E-state index contributed by atoms with van der Waals surface area (Å²) in [5.41, 5.74) is -0.590. The number of hydrogen-bond donors (Lipinski definition) is 3. The normalized spacial score (nSPS) is 9.33. The highest BCUT2D eigenvalue weighted by Crippen LogP contribution is 2.19. The molecule has 0 aromatic heterocycles. The van der Waals surface area contributed by atoms with Gasteiger partial charge in [0.25, 0.3) is 0 Å². The second-order valence-electron chi connectivity index (χ2n) is 3.79. The largest absolute Gasteiger partial charge is 0.872 e. The number of para-hydroxylation sites is 1. The third-order valence-corrected chi connectivity index (χ3v) is 2.31. The van der Waals surface area contributed by atoms with Crippen molar-refractivity contribution in [2.24, 2.45) is 0 Å². The number of carboxylic acids is 2. The molecule has 110 valence electrons. The highest BCUT2D eigenvalue weighted by molar-refractivity contribution is 5.91. The lowest BCUT2D eigenvalue weighted by atomic mass is 10.2. The van der Waals surface area contributed by atoms with Crippen LogP contribution in [-0.2, 0) is 0 Å². The van der Waals surface area contributed by atoms with Crippen LogP contribution in [0.4, 0.5) is 0 Å². The SMILES string of the molecule is O=C(O)c1cc(O)ccc1[O-].O=C(O)c1ccccc1[O-]. The summed E-state index contributed by atoms with van der Waals surface area (Å²) in [7, 11) is 0. The first-order valence-corrected chi connectivity index (χ1v) is 5.55. The summed E-state index contributed by atoms with van der Waals surface area (Å²) in [4.78, 5) is 20.5. The van der Waals surface area contributed by atoms with Gasteiger partial charge in [0.1, 0.15) is 5.75 Å². The van der Waals surface area contributed by atoms with Crippen molar-refractivity contribution in [1.82, 2.24) is 0 Å². The zero-order valence-corrected chi connectivity index (χ0v) is 10.5. The molecule has 0 fully saturated rings. The maximum atomic E-state index is 10.7. The predicted octanol–water partition coefficient (Wildman–Crippen LogP) is 0.622. The Morgan fingerprint density at radius 2 is 1.33 bits per heavy atom. The molecule has 0 unspecified atom stereocenters. The molecule has 0 saturated heterocycles. The van der Waals surface area contributed by atoms with E-state index in [0.29, 0.717) is 0 Å². The second kappa shape index (κ2) is 6.80. The maximum absolute atomic E-state index is 10.7. The van der Waals surface area contributed by atoms with Gasteiger partial charge in [-0.1, -0.05) is 35.8 Å². The summed E-state index contributed by atoms with van der Waals surface area (Å²) >= 11 is 0. The van der Waals surface area contributed by atoms with Gasteiger partial charge < -0.3 is 25.5 Å². The Balaban J connectivity index is 0.000000211. The fourth-order valence-corrected chi connectivity index (χ4v) is 1.33. The van der Waals surface area contributed by atoms with Crippen LogP contribution in [0.15, 0.2) is 42.5 Å². The third kappa shape index (κ3) is 4.43. The minimum atomic E-state index is -1.33. The number of aromatic carboxylic acids is 2. The third-order valence-electron chi connectivity index (χ3n) is 2.31. The molecule has 0 aliphatic heterocycles. The zero-order valence-electron chi connectivity index (χ0n) is 10.5. The summed E-state index contributed by atoms with van der Waals surface area (Å²) < 4.78 is 0. The highest BCUT2D eigenvalue weighted by atomic mass is 16.4. The smallest absolute Gasteiger partial charge is 0.335 e. The van der Waals surface area contributed by atoms with E-state index in [2.05, 4.69) is 0 Å². The molecular weight excluding hydrogens is 280 g/mol. The van der Waals surface area contributed by atoms with Crippen LogP contribution >= 0.6 is 0 Å². The monoisotopic (exact) mass is 290 g/mol. The van der Waals surface area contributed by atoms with Crippen LogP contribution in [0.1, 0.15) is 20.7 Å². The van der Waals surface area contributed by atoms with Gasteiger partial charge in [0.05, 0.1) is 11.1 Å². The number of carboxylic acid groups (broad SMARTS) is 2. The maximum Gasteiger partial charge on any atom is 0.335 e. The van der Waals surface area contributed by atoms with Crippen LogP contribution in [0, 0.1) is 0 Å². The van der Waals surface area contributed by atoms with Crippen molar-refractivity contribution in [3.8, 4) is 17.2 Å². The number of rotatable bonds is 2. The minimum absolute atomic E-state index is 0.178. The van der Waals surface area contributed by atoms with Gasteiger partial charge in [-0.2, -0.15) is 0 Å². The van der Waals surface area contributed by atoms with Crippen molar-refractivity contribution < 1.29 is 35.1 Å². The molecule has 2 rings (SSSR count). The topological polar surface area (TPSA) is 141 Å². The van der Waals surface area contributed by atoms with Crippen LogP contribution in [0.3, 0.4) is 0 Å². The number of aromatic hydroxyl groups is 1. The fourth-order valence-electron chi connectivity index (χ4n) is 1.33. The molecule has 7 heteroatoms. The molecule has 0 bridgehead atoms. The average Bonchev–Trinajstić information content (AvgIpc) is 2.42. The Morgan fingerprint density at radius 3 is 1.76 bits per heavy atom. The summed E-state index contributed by atoms with van der Waals surface area (Å²) in [5.74, 6) is -3.77. The second-order valence-corrected chi connectivity index (χ2v) is 3.79. The summed E-state index contributed by atoms with van der Waals surface area (Å²) in [6.45, 7) is 0. The first-order chi connectivity index (χ1) is 9.82. The van der Waals surface area contributed by atoms with E-state index in [1.54, 1.807) is 0 Å². The van der Waals surface area contributed by atoms with E-state index in [0.717, 1.165) is 18.2 Å². The van der Waals surface area contributed by atoms with Crippen molar-refractivity contribution in [2.75, 3.05) is 0 Å². The van der Waals surface area contributed by atoms with E-state index in [1.807, 2.05) is 0 Å². The molecule has 7 nitrogen and oxygen atoms in total. The lowest BCUT2D eigenvalue weighted by Gasteiger charge is -2.08. The van der Waals surface area contributed by atoms with Gasteiger partial charge in [-0.15, -0.1) is 0 Å². The summed E-state index contributed by atoms with van der Waals surface area (Å²) in [5, 5.41) is 46.9. The Morgan fingerprint density at radius 1 is 0.810 bits per heavy atom.